The third-order valence-electron chi connectivity index (χ3n) is 4.99. The lowest BCUT2D eigenvalue weighted by Crippen LogP contribution is -2.68. The largest absolute Gasteiger partial charge is 0.477 e. The highest BCUT2D eigenvalue weighted by Gasteiger charge is 2.63. The van der Waals surface area contributed by atoms with Crippen molar-refractivity contribution in [3.63, 3.8) is 0 Å². The molecule has 3 rings (SSSR count). The number of benzene rings is 1. The summed E-state index contributed by atoms with van der Waals surface area (Å²) in [6.45, 7) is -1.72. The number of carboxylic acid groups (broad SMARTS) is 1. The summed E-state index contributed by atoms with van der Waals surface area (Å²) in [6.07, 6.45) is -0.305. The molecule has 0 radical (unpaired) electrons. The highest BCUT2D eigenvalue weighted by molar-refractivity contribution is 6.18. The number of aliphatic hydroxyl groups excluding tert-OH is 1. The first kappa shape index (κ1) is 18.7. The molecule has 1 fully saturated rings. The number of hydrogen-bond acceptors (Lipinski definition) is 7. The molecule has 4 amide bonds. The number of quaternary nitrogens is 1. The Hall–Kier alpha value is -3.11. The molecular formula is C17H18N3O7+. The summed E-state index contributed by atoms with van der Waals surface area (Å²) < 4.78 is -1.27. The van der Waals surface area contributed by atoms with Gasteiger partial charge in [0.2, 0.25) is 5.91 Å². The number of carboxylic acids is 1. The van der Waals surface area contributed by atoms with E-state index in [1.165, 1.54) is 18.2 Å². The topological polar surface area (TPSA) is 155 Å². The Kier molecular flexibility index (Phi) is 4.54. The van der Waals surface area contributed by atoms with E-state index in [2.05, 4.69) is 0 Å². The molecule has 0 aromatic heterocycles. The van der Waals surface area contributed by atoms with Crippen LogP contribution in [0.4, 0.5) is 5.69 Å². The minimum absolute atomic E-state index is 0.0165. The van der Waals surface area contributed by atoms with E-state index in [1.807, 2.05) is 0 Å². The van der Waals surface area contributed by atoms with Crippen molar-refractivity contribution in [2.45, 2.75) is 18.9 Å². The van der Waals surface area contributed by atoms with Gasteiger partial charge in [-0.15, -0.1) is 0 Å². The average Bonchev–Trinajstić information content (AvgIpc) is 2.82. The number of aliphatic hydroxyl groups is 1. The molecule has 2 aliphatic heterocycles. The number of piperidine rings is 1. The van der Waals surface area contributed by atoms with Crippen molar-refractivity contribution in [1.29, 1.82) is 0 Å². The van der Waals surface area contributed by atoms with E-state index in [4.69, 9.17) is 10.8 Å². The fourth-order valence-corrected chi connectivity index (χ4v) is 3.81. The Morgan fingerprint density at radius 1 is 1.22 bits per heavy atom. The van der Waals surface area contributed by atoms with Crippen LogP contribution in [0.2, 0.25) is 0 Å². The SMILES string of the molecule is Nc1cccc2c1C(=O)[N+](CC(=O)O)(C1CCC(=O)N(CCO)C1=O)C2=O. The van der Waals surface area contributed by atoms with E-state index in [1.54, 1.807) is 0 Å². The Morgan fingerprint density at radius 2 is 1.93 bits per heavy atom. The molecule has 0 aliphatic carbocycles. The predicted molar refractivity (Wildman–Crippen MR) is 89.1 cm³/mol. The molecule has 0 saturated carbocycles. The summed E-state index contributed by atoms with van der Waals surface area (Å²) in [4.78, 5) is 63.5. The number of aliphatic carboxylic acids is 1. The first-order chi connectivity index (χ1) is 12.8. The van der Waals surface area contributed by atoms with Crippen LogP contribution in [0.25, 0.3) is 0 Å². The first-order valence-corrected chi connectivity index (χ1v) is 8.28. The van der Waals surface area contributed by atoms with Crippen LogP contribution >= 0.6 is 0 Å². The second-order valence-electron chi connectivity index (χ2n) is 6.46. The molecule has 2 unspecified atom stereocenters. The van der Waals surface area contributed by atoms with Gasteiger partial charge < -0.3 is 15.9 Å². The van der Waals surface area contributed by atoms with Crippen molar-refractivity contribution < 1.29 is 38.7 Å². The van der Waals surface area contributed by atoms with Crippen LogP contribution in [-0.2, 0) is 14.4 Å². The summed E-state index contributed by atoms with van der Waals surface area (Å²) in [7, 11) is 0. The van der Waals surface area contributed by atoms with Crippen LogP contribution in [0.15, 0.2) is 18.2 Å². The second kappa shape index (κ2) is 6.56. The molecule has 10 heteroatoms. The van der Waals surface area contributed by atoms with Crippen molar-refractivity contribution in [3.8, 4) is 0 Å². The van der Waals surface area contributed by atoms with Gasteiger partial charge in [0.25, 0.3) is 5.91 Å². The van der Waals surface area contributed by atoms with Crippen LogP contribution in [0.5, 0.6) is 0 Å². The van der Waals surface area contributed by atoms with Crippen LogP contribution in [0.3, 0.4) is 0 Å². The first-order valence-electron chi connectivity index (χ1n) is 8.28. The Labute approximate surface area is 153 Å². The average molecular weight is 376 g/mol. The van der Waals surface area contributed by atoms with Crippen LogP contribution in [0, 0.1) is 0 Å². The molecule has 2 aliphatic rings. The van der Waals surface area contributed by atoms with Gasteiger partial charge in [-0.2, -0.15) is 4.48 Å². The summed E-state index contributed by atoms with van der Waals surface area (Å²) in [6, 6.07) is 2.86. The third-order valence-corrected chi connectivity index (χ3v) is 4.99. The van der Waals surface area contributed by atoms with Crippen LogP contribution in [0.1, 0.15) is 33.6 Å². The van der Waals surface area contributed by atoms with E-state index >= 15 is 0 Å². The Morgan fingerprint density at radius 3 is 2.52 bits per heavy atom. The number of likely N-dealkylation sites (tertiary alicyclic amines) is 1. The molecule has 0 spiro atoms. The Bertz CT molecular complexity index is 881. The normalized spacial score (nSPS) is 25.1. The van der Waals surface area contributed by atoms with E-state index in [-0.39, 0.29) is 36.2 Å². The fourth-order valence-electron chi connectivity index (χ4n) is 3.81. The van der Waals surface area contributed by atoms with Gasteiger partial charge in [0, 0.05) is 18.5 Å². The summed E-state index contributed by atoms with van der Waals surface area (Å²) in [5.74, 6) is -4.54. The van der Waals surface area contributed by atoms with E-state index in [0.717, 1.165) is 4.90 Å². The lowest BCUT2D eigenvalue weighted by Gasteiger charge is -2.39. The van der Waals surface area contributed by atoms with Gasteiger partial charge in [-0.3, -0.25) is 14.5 Å². The molecule has 27 heavy (non-hydrogen) atoms. The lowest BCUT2D eigenvalue weighted by molar-refractivity contribution is -0.774. The molecule has 1 aromatic carbocycles. The smallest absolute Gasteiger partial charge is 0.360 e. The molecule has 10 nitrogen and oxygen atoms in total. The quantitative estimate of drug-likeness (QED) is 0.335. The molecule has 0 bridgehead atoms. The van der Waals surface area contributed by atoms with Gasteiger partial charge in [-0.05, 0) is 12.1 Å². The van der Waals surface area contributed by atoms with Crippen molar-refractivity contribution in [3.05, 3.63) is 29.3 Å². The maximum absolute atomic E-state index is 13.2. The zero-order chi connectivity index (χ0) is 19.9. The minimum Gasteiger partial charge on any atom is -0.477 e. The summed E-state index contributed by atoms with van der Waals surface area (Å²) in [5, 5.41) is 18.5. The van der Waals surface area contributed by atoms with E-state index < -0.39 is 53.3 Å². The molecule has 142 valence electrons. The number of carbonyl (C=O) groups excluding carboxylic acids is 4. The van der Waals surface area contributed by atoms with Crippen molar-refractivity contribution in [2.24, 2.45) is 0 Å². The van der Waals surface area contributed by atoms with E-state index in [9.17, 15) is 29.1 Å². The standard InChI is InChI=1S/C17H17N3O7/c18-10-3-1-2-9-14(10)17(27)20(16(9)26,8-13(23)24)11-4-5-12(22)19(6-7-21)15(11)25/h1-3,11,21H,4-8H2,(H2-,18,23,24,27)/p+1. The predicted octanol–water partition coefficient (Wildman–Crippen LogP) is -1.03. The molecule has 4 N–H and O–H groups in total. The number of carbonyl (C=O) groups is 5. The zero-order valence-electron chi connectivity index (χ0n) is 14.3. The zero-order valence-corrected chi connectivity index (χ0v) is 14.3. The van der Waals surface area contributed by atoms with Crippen LogP contribution < -0.4 is 5.73 Å². The lowest BCUT2D eigenvalue weighted by atomic mass is 9.99. The molecule has 2 atom stereocenters. The molecular weight excluding hydrogens is 358 g/mol. The van der Waals surface area contributed by atoms with Gasteiger partial charge in [0.05, 0.1) is 18.7 Å². The van der Waals surface area contributed by atoms with Crippen molar-refractivity contribution >= 4 is 35.3 Å². The number of nitrogen functional groups attached to an aromatic ring is 1. The molecule has 1 aromatic rings. The summed E-state index contributed by atoms with van der Waals surface area (Å²) in [5.41, 5.74) is 5.69. The second-order valence-corrected chi connectivity index (χ2v) is 6.46. The monoisotopic (exact) mass is 376 g/mol. The summed E-state index contributed by atoms with van der Waals surface area (Å²) >= 11 is 0. The molecule has 1 saturated heterocycles. The van der Waals surface area contributed by atoms with Gasteiger partial charge in [0.1, 0.15) is 5.56 Å². The van der Waals surface area contributed by atoms with Crippen molar-refractivity contribution in [1.82, 2.24) is 4.90 Å². The van der Waals surface area contributed by atoms with Crippen molar-refractivity contribution in [2.75, 3.05) is 25.4 Å². The minimum atomic E-state index is -1.44. The van der Waals surface area contributed by atoms with Gasteiger partial charge in [0.15, 0.2) is 12.6 Å². The van der Waals surface area contributed by atoms with Gasteiger partial charge >= 0.3 is 17.8 Å². The fraction of sp³-hybridized carbons (Fsp3) is 0.353. The van der Waals surface area contributed by atoms with Gasteiger partial charge in [-0.1, -0.05) is 6.07 Å². The number of imide groups is 2. The number of nitrogens with zero attached hydrogens (tertiary/aromatic N) is 2. The number of fused-ring (bicyclic) bond motifs is 1. The Balaban J connectivity index is 2.16. The number of nitrogens with two attached hydrogens (primary N) is 1. The molecule has 2 heterocycles. The maximum Gasteiger partial charge on any atom is 0.360 e. The van der Waals surface area contributed by atoms with Gasteiger partial charge in [-0.25, -0.2) is 14.4 Å². The number of hydrogen-bond donors (Lipinski definition) is 3. The highest BCUT2D eigenvalue weighted by atomic mass is 16.4. The number of anilines is 1. The maximum atomic E-state index is 13.2. The number of amides is 4. The van der Waals surface area contributed by atoms with Crippen LogP contribution in [-0.4, -0.2) is 74.9 Å². The third kappa shape index (κ3) is 2.61. The highest BCUT2D eigenvalue weighted by Crippen LogP contribution is 2.38. The number of β-amino-alcohol motifs (C(OH)–C–C–N with tert-alkyl or cyclic N) is 1. The van der Waals surface area contributed by atoms with E-state index in [0.29, 0.717) is 0 Å². The number of rotatable bonds is 5.